The van der Waals surface area contributed by atoms with Crippen LogP contribution < -0.4 is 11.1 Å². The first-order valence-corrected chi connectivity index (χ1v) is 5.66. The van der Waals surface area contributed by atoms with E-state index in [0.29, 0.717) is 0 Å². The molecular weight excluding hydrogens is 229 g/mol. The first-order valence-electron chi connectivity index (χ1n) is 5.66. The number of piperidine rings is 1. The van der Waals surface area contributed by atoms with E-state index in [-0.39, 0.29) is 11.6 Å². The van der Waals surface area contributed by atoms with Crippen LogP contribution in [0.1, 0.15) is 29.9 Å². The molecule has 1 atom stereocenters. The second kappa shape index (κ2) is 4.56. The summed E-state index contributed by atoms with van der Waals surface area (Å²) in [6.45, 7) is 1.76. The van der Waals surface area contributed by atoms with E-state index in [4.69, 9.17) is 5.73 Å². The maximum atomic E-state index is 12.5. The van der Waals surface area contributed by atoms with Crippen LogP contribution >= 0.6 is 0 Å². The molecule has 1 aliphatic heterocycles. The molecule has 1 heterocycles. The van der Waals surface area contributed by atoms with Crippen LogP contribution in [0.2, 0.25) is 0 Å². The van der Waals surface area contributed by atoms with Crippen molar-refractivity contribution in [1.82, 2.24) is 5.32 Å². The summed E-state index contributed by atoms with van der Waals surface area (Å²) in [4.78, 5) is 0. The number of anilines is 1. The van der Waals surface area contributed by atoms with Crippen LogP contribution in [-0.2, 0) is 6.18 Å². The zero-order valence-corrected chi connectivity index (χ0v) is 9.35. The molecule has 0 bridgehead atoms. The van der Waals surface area contributed by atoms with Crippen molar-refractivity contribution in [1.29, 1.82) is 0 Å². The first-order chi connectivity index (χ1) is 7.98. The molecule has 17 heavy (non-hydrogen) atoms. The van der Waals surface area contributed by atoms with E-state index < -0.39 is 11.7 Å². The Labute approximate surface area is 98.0 Å². The Bertz CT molecular complexity index is 395. The molecule has 1 saturated heterocycles. The number of benzene rings is 1. The smallest absolute Gasteiger partial charge is 0.398 e. The highest BCUT2D eigenvalue weighted by molar-refractivity contribution is 5.51. The summed E-state index contributed by atoms with van der Waals surface area (Å²) in [7, 11) is 0. The molecule has 5 heteroatoms. The van der Waals surface area contributed by atoms with Crippen molar-refractivity contribution in [3.05, 3.63) is 29.3 Å². The normalized spacial score (nSPS) is 21.5. The fourth-order valence-electron chi connectivity index (χ4n) is 2.24. The molecule has 3 N–H and O–H groups in total. The summed E-state index contributed by atoms with van der Waals surface area (Å²) in [6.07, 6.45) is -2.31. The van der Waals surface area contributed by atoms with Gasteiger partial charge in [-0.2, -0.15) is 13.2 Å². The Morgan fingerprint density at radius 2 is 2.06 bits per heavy atom. The van der Waals surface area contributed by atoms with E-state index in [9.17, 15) is 13.2 Å². The molecule has 1 aliphatic rings. The highest BCUT2D eigenvalue weighted by atomic mass is 19.4. The second-order valence-electron chi connectivity index (χ2n) is 4.38. The molecule has 1 fully saturated rings. The number of alkyl halides is 3. The molecular formula is C12H15F3N2. The largest absolute Gasteiger partial charge is 0.416 e. The van der Waals surface area contributed by atoms with Crippen molar-refractivity contribution in [2.45, 2.75) is 24.9 Å². The van der Waals surface area contributed by atoms with E-state index in [1.807, 2.05) is 0 Å². The molecule has 1 aromatic carbocycles. The van der Waals surface area contributed by atoms with Crippen LogP contribution in [0.3, 0.4) is 0 Å². The third-order valence-corrected chi connectivity index (χ3v) is 3.15. The predicted molar refractivity (Wildman–Crippen MR) is 60.7 cm³/mol. The lowest BCUT2D eigenvalue weighted by Crippen LogP contribution is -2.28. The number of rotatable bonds is 1. The number of hydrogen-bond acceptors (Lipinski definition) is 2. The van der Waals surface area contributed by atoms with Gasteiger partial charge < -0.3 is 11.1 Å². The minimum Gasteiger partial charge on any atom is -0.398 e. The number of nitrogens with one attached hydrogen (secondary N) is 1. The van der Waals surface area contributed by atoms with Gasteiger partial charge in [-0.1, -0.05) is 6.07 Å². The zero-order chi connectivity index (χ0) is 12.5. The lowest BCUT2D eigenvalue weighted by Gasteiger charge is -2.24. The summed E-state index contributed by atoms with van der Waals surface area (Å²) in [5, 5.41) is 3.23. The van der Waals surface area contributed by atoms with Gasteiger partial charge in [0.15, 0.2) is 0 Å². The van der Waals surface area contributed by atoms with Gasteiger partial charge in [0.1, 0.15) is 0 Å². The first kappa shape index (κ1) is 12.2. The maximum absolute atomic E-state index is 12.5. The third-order valence-electron chi connectivity index (χ3n) is 3.15. The molecule has 94 valence electrons. The molecule has 0 aromatic heterocycles. The highest BCUT2D eigenvalue weighted by Crippen LogP contribution is 2.34. The van der Waals surface area contributed by atoms with Gasteiger partial charge in [-0.15, -0.1) is 0 Å². The van der Waals surface area contributed by atoms with Crippen molar-refractivity contribution >= 4 is 5.69 Å². The molecule has 2 nitrogen and oxygen atoms in total. The summed E-state index contributed by atoms with van der Waals surface area (Å²) in [5.74, 6) is 0.228. The van der Waals surface area contributed by atoms with Gasteiger partial charge in [0.25, 0.3) is 0 Å². The fraction of sp³-hybridized carbons (Fsp3) is 0.500. The van der Waals surface area contributed by atoms with Crippen LogP contribution in [0.5, 0.6) is 0 Å². The minimum atomic E-state index is -4.32. The van der Waals surface area contributed by atoms with E-state index >= 15 is 0 Å². The van der Waals surface area contributed by atoms with Crippen LogP contribution in [0, 0.1) is 0 Å². The average Bonchev–Trinajstić information content (AvgIpc) is 2.29. The van der Waals surface area contributed by atoms with Gasteiger partial charge >= 0.3 is 6.18 Å². The number of nitrogen functional groups attached to an aromatic ring is 1. The lowest BCUT2D eigenvalue weighted by atomic mass is 9.90. The van der Waals surface area contributed by atoms with Crippen molar-refractivity contribution in [2.75, 3.05) is 18.8 Å². The fourth-order valence-corrected chi connectivity index (χ4v) is 2.24. The molecule has 1 aromatic rings. The molecule has 0 amide bonds. The Balaban J connectivity index is 2.25. The monoisotopic (exact) mass is 244 g/mol. The van der Waals surface area contributed by atoms with Crippen LogP contribution in [0.4, 0.5) is 18.9 Å². The van der Waals surface area contributed by atoms with Gasteiger partial charge in [-0.25, -0.2) is 0 Å². The Morgan fingerprint density at radius 1 is 1.29 bits per heavy atom. The lowest BCUT2D eigenvalue weighted by molar-refractivity contribution is -0.137. The summed E-state index contributed by atoms with van der Waals surface area (Å²) >= 11 is 0. The highest BCUT2D eigenvalue weighted by Gasteiger charge is 2.31. The minimum absolute atomic E-state index is 0.228. The topological polar surface area (TPSA) is 38.0 Å². The van der Waals surface area contributed by atoms with Crippen molar-refractivity contribution in [2.24, 2.45) is 0 Å². The SMILES string of the molecule is Nc1cc(C(F)(F)F)ccc1C1CCCNC1. The Kier molecular flexibility index (Phi) is 3.28. The predicted octanol–water partition coefficient (Wildman–Crippen LogP) is 2.75. The molecule has 0 radical (unpaired) electrons. The number of hydrogen-bond donors (Lipinski definition) is 2. The summed E-state index contributed by atoms with van der Waals surface area (Å²) in [5.41, 5.74) is 6.11. The maximum Gasteiger partial charge on any atom is 0.416 e. The number of nitrogens with two attached hydrogens (primary N) is 1. The van der Waals surface area contributed by atoms with Gasteiger partial charge in [0.2, 0.25) is 0 Å². The van der Waals surface area contributed by atoms with E-state index in [1.165, 1.54) is 6.07 Å². The summed E-state index contributed by atoms with van der Waals surface area (Å²) < 4.78 is 37.4. The van der Waals surface area contributed by atoms with Gasteiger partial charge in [-0.05, 0) is 43.0 Å². The third kappa shape index (κ3) is 2.72. The van der Waals surface area contributed by atoms with E-state index in [1.54, 1.807) is 0 Å². The van der Waals surface area contributed by atoms with E-state index in [0.717, 1.165) is 43.6 Å². The van der Waals surface area contributed by atoms with Gasteiger partial charge in [-0.3, -0.25) is 0 Å². The molecule has 1 unspecified atom stereocenters. The Hall–Kier alpha value is -1.23. The van der Waals surface area contributed by atoms with Crippen molar-refractivity contribution in [3.8, 4) is 0 Å². The van der Waals surface area contributed by atoms with Crippen molar-refractivity contribution < 1.29 is 13.2 Å². The standard InChI is InChI=1S/C12H15F3N2/c13-12(14,15)9-3-4-10(11(16)6-9)8-2-1-5-17-7-8/h3-4,6,8,17H,1-2,5,7,16H2. The zero-order valence-electron chi connectivity index (χ0n) is 9.35. The van der Waals surface area contributed by atoms with E-state index in [2.05, 4.69) is 5.32 Å². The van der Waals surface area contributed by atoms with Gasteiger partial charge in [0.05, 0.1) is 5.56 Å². The van der Waals surface area contributed by atoms with Crippen LogP contribution in [-0.4, -0.2) is 13.1 Å². The molecule has 0 spiro atoms. The Morgan fingerprint density at radius 3 is 2.59 bits per heavy atom. The average molecular weight is 244 g/mol. The number of halogens is 3. The molecule has 2 rings (SSSR count). The van der Waals surface area contributed by atoms with Crippen molar-refractivity contribution in [3.63, 3.8) is 0 Å². The second-order valence-corrected chi connectivity index (χ2v) is 4.38. The van der Waals surface area contributed by atoms with Crippen LogP contribution in [0.15, 0.2) is 18.2 Å². The van der Waals surface area contributed by atoms with Crippen LogP contribution in [0.25, 0.3) is 0 Å². The summed E-state index contributed by atoms with van der Waals surface area (Å²) in [6, 6.07) is 3.65. The van der Waals surface area contributed by atoms with Gasteiger partial charge in [0, 0.05) is 12.2 Å². The molecule has 0 saturated carbocycles. The quantitative estimate of drug-likeness (QED) is 0.745. The molecule has 0 aliphatic carbocycles.